The zero-order valence-electron chi connectivity index (χ0n) is 7.04. The number of allylic oxidation sites excluding steroid dienone is 1. The van der Waals surface area contributed by atoms with Crippen molar-refractivity contribution in [2.24, 2.45) is 5.92 Å². The van der Waals surface area contributed by atoms with Gasteiger partial charge in [0.15, 0.2) is 0 Å². The van der Waals surface area contributed by atoms with Crippen molar-refractivity contribution in [3.63, 3.8) is 0 Å². The highest BCUT2D eigenvalue weighted by molar-refractivity contribution is 5.87. The van der Waals surface area contributed by atoms with Gasteiger partial charge < -0.3 is 5.11 Å². The van der Waals surface area contributed by atoms with E-state index in [1.165, 1.54) is 0 Å². The first-order valence-electron chi connectivity index (χ1n) is 4.04. The minimum Gasteiger partial charge on any atom is -0.478 e. The SMILES string of the molecule is CC(=O)C1CC=C(C(=O)O)CC1. The van der Waals surface area contributed by atoms with Gasteiger partial charge in [-0.25, -0.2) is 4.79 Å². The summed E-state index contributed by atoms with van der Waals surface area (Å²) in [5.41, 5.74) is 0.451. The van der Waals surface area contributed by atoms with Crippen LogP contribution in [0.1, 0.15) is 26.2 Å². The summed E-state index contributed by atoms with van der Waals surface area (Å²) in [6, 6.07) is 0. The predicted molar refractivity (Wildman–Crippen MR) is 43.7 cm³/mol. The van der Waals surface area contributed by atoms with Gasteiger partial charge in [-0.1, -0.05) is 6.08 Å². The molecular formula is C9H12O3. The van der Waals surface area contributed by atoms with Crippen molar-refractivity contribution < 1.29 is 14.7 Å². The van der Waals surface area contributed by atoms with Crippen molar-refractivity contribution in [1.29, 1.82) is 0 Å². The molecule has 0 radical (unpaired) electrons. The van der Waals surface area contributed by atoms with E-state index < -0.39 is 5.97 Å². The average molecular weight is 168 g/mol. The van der Waals surface area contributed by atoms with E-state index in [0.717, 1.165) is 0 Å². The molecule has 66 valence electrons. The van der Waals surface area contributed by atoms with Gasteiger partial charge in [-0.15, -0.1) is 0 Å². The Morgan fingerprint density at radius 2 is 2.25 bits per heavy atom. The van der Waals surface area contributed by atoms with Crippen LogP contribution >= 0.6 is 0 Å². The topological polar surface area (TPSA) is 54.4 Å². The maximum Gasteiger partial charge on any atom is 0.331 e. The van der Waals surface area contributed by atoms with E-state index in [2.05, 4.69) is 0 Å². The molecule has 0 fully saturated rings. The van der Waals surface area contributed by atoms with Gasteiger partial charge in [0.05, 0.1) is 0 Å². The van der Waals surface area contributed by atoms with Gasteiger partial charge in [0, 0.05) is 11.5 Å². The molecule has 0 aliphatic heterocycles. The van der Waals surface area contributed by atoms with Crippen LogP contribution in [-0.4, -0.2) is 16.9 Å². The lowest BCUT2D eigenvalue weighted by atomic mass is 9.87. The van der Waals surface area contributed by atoms with Gasteiger partial charge >= 0.3 is 5.97 Å². The van der Waals surface area contributed by atoms with E-state index in [4.69, 9.17) is 5.11 Å². The number of Topliss-reactive ketones (excluding diaryl/α,β-unsaturated/α-hetero) is 1. The summed E-state index contributed by atoms with van der Waals surface area (Å²) >= 11 is 0. The highest BCUT2D eigenvalue weighted by Gasteiger charge is 2.20. The average Bonchev–Trinajstić information content (AvgIpc) is 2.04. The van der Waals surface area contributed by atoms with Crippen LogP contribution in [-0.2, 0) is 9.59 Å². The quantitative estimate of drug-likeness (QED) is 0.677. The molecule has 0 heterocycles. The second-order valence-corrected chi connectivity index (χ2v) is 3.12. The molecule has 0 aromatic heterocycles. The lowest BCUT2D eigenvalue weighted by Gasteiger charge is -2.16. The summed E-state index contributed by atoms with van der Waals surface area (Å²) in [4.78, 5) is 21.4. The summed E-state index contributed by atoms with van der Waals surface area (Å²) in [6.45, 7) is 1.56. The molecule has 0 spiro atoms. The van der Waals surface area contributed by atoms with Gasteiger partial charge in [0.1, 0.15) is 5.78 Å². The largest absolute Gasteiger partial charge is 0.478 e. The summed E-state index contributed by atoms with van der Waals surface area (Å²) < 4.78 is 0. The smallest absolute Gasteiger partial charge is 0.331 e. The zero-order chi connectivity index (χ0) is 9.14. The minimum atomic E-state index is -0.850. The lowest BCUT2D eigenvalue weighted by molar-refractivity contribution is -0.133. The molecule has 1 aliphatic carbocycles. The summed E-state index contributed by atoms with van der Waals surface area (Å²) in [6.07, 6.45) is 3.47. The second kappa shape index (κ2) is 3.52. The molecule has 12 heavy (non-hydrogen) atoms. The van der Waals surface area contributed by atoms with Gasteiger partial charge in [0.25, 0.3) is 0 Å². The molecule has 1 atom stereocenters. The van der Waals surface area contributed by atoms with Crippen molar-refractivity contribution >= 4 is 11.8 Å². The third kappa shape index (κ3) is 1.94. The molecule has 0 amide bonds. The van der Waals surface area contributed by atoms with Gasteiger partial charge in [0.2, 0.25) is 0 Å². The van der Waals surface area contributed by atoms with Crippen LogP contribution in [0.4, 0.5) is 0 Å². The van der Waals surface area contributed by atoms with Crippen LogP contribution in [0.2, 0.25) is 0 Å². The Morgan fingerprint density at radius 3 is 2.58 bits per heavy atom. The first kappa shape index (κ1) is 8.97. The minimum absolute atomic E-state index is 0.0492. The number of carboxylic acid groups (broad SMARTS) is 1. The van der Waals surface area contributed by atoms with E-state index >= 15 is 0 Å². The van der Waals surface area contributed by atoms with Crippen molar-refractivity contribution in [3.05, 3.63) is 11.6 Å². The third-order valence-electron chi connectivity index (χ3n) is 2.26. The molecule has 0 saturated heterocycles. The maximum atomic E-state index is 10.9. The van der Waals surface area contributed by atoms with Crippen LogP contribution < -0.4 is 0 Å². The number of hydrogen-bond donors (Lipinski definition) is 1. The van der Waals surface area contributed by atoms with E-state index in [1.807, 2.05) is 0 Å². The van der Waals surface area contributed by atoms with Crippen LogP contribution in [0.15, 0.2) is 11.6 Å². The highest BCUT2D eigenvalue weighted by Crippen LogP contribution is 2.23. The standard InChI is InChI=1S/C9H12O3/c1-6(10)7-2-4-8(5-3-7)9(11)12/h4,7H,2-3,5H2,1H3,(H,11,12). The summed E-state index contributed by atoms with van der Waals surface area (Å²) in [7, 11) is 0. The number of carbonyl (C=O) groups is 2. The summed E-state index contributed by atoms with van der Waals surface area (Å²) in [5, 5.41) is 8.61. The zero-order valence-corrected chi connectivity index (χ0v) is 7.04. The Labute approximate surface area is 71.1 Å². The molecule has 0 saturated carbocycles. The Hall–Kier alpha value is -1.12. The molecule has 1 rings (SSSR count). The summed E-state index contributed by atoms with van der Waals surface area (Å²) in [5.74, 6) is -0.638. The first-order valence-corrected chi connectivity index (χ1v) is 4.04. The predicted octanol–water partition coefficient (Wildman–Crippen LogP) is 1.39. The molecule has 0 aromatic rings. The Bertz CT molecular complexity index is 240. The van der Waals surface area contributed by atoms with Gasteiger partial charge in [-0.3, -0.25) is 4.79 Å². The second-order valence-electron chi connectivity index (χ2n) is 3.12. The molecule has 1 N–H and O–H groups in total. The fraction of sp³-hybridized carbons (Fsp3) is 0.556. The van der Waals surface area contributed by atoms with Crippen molar-refractivity contribution in [2.75, 3.05) is 0 Å². The normalized spacial score (nSPS) is 23.1. The van der Waals surface area contributed by atoms with Gasteiger partial charge in [-0.2, -0.15) is 0 Å². The number of carboxylic acids is 1. The molecule has 1 unspecified atom stereocenters. The molecule has 0 bridgehead atoms. The Balaban J connectivity index is 2.59. The Morgan fingerprint density at radius 1 is 1.58 bits per heavy atom. The van der Waals surface area contributed by atoms with E-state index in [-0.39, 0.29) is 11.7 Å². The van der Waals surface area contributed by atoms with Crippen LogP contribution in [0.3, 0.4) is 0 Å². The van der Waals surface area contributed by atoms with Crippen molar-refractivity contribution in [1.82, 2.24) is 0 Å². The fourth-order valence-electron chi connectivity index (χ4n) is 1.40. The molecule has 0 aromatic carbocycles. The van der Waals surface area contributed by atoms with E-state index in [1.54, 1.807) is 13.0 Å². The molecular weight excluding hydrogens is 156 g/mol. The fourth-order valence-corrected chi connectivity index (χ4v) is 1.40. The highest BCUT2D eigenvalue weighted by atomic mass is 16.4. The molecule has 1 aliphatic rings. The van der Waals surface area contributed by atoms with Crippen LogP contribution in [0, 0.1) is 5.92 Å². The van der Waals surface area contributed by atoms with Crippen molar-refractivity contribution in [2.45, 2.75) is 26.2 Å². The number of carbonyl (C=O) groups excluding carboxylic acids is 1. The van der Waals surface area contributed by atoms with Crippen molar-refractivity contribution in [3.8, 4) is 0 Å². The van der Waals surface area contributed by atoms with Crippen LogP contribution in [0.5, 0.6) is 0 Å². The van der Waals surface area contributed by atoms with Crippen LogP contribution in [0.25, 0.3) is 0 Å². The molecule has 3 nitrogen and oxygen atoms in total. The monoisotopic (exact) mass is 168 g/mol. The Kier molecular flexibility index (Phi) is 2.63. The molecule has 3 heteroatoms. The van der Waals surface area contributed by atoms with E-state index in [0.29, 0.717) is 24.8 Å². The number of hydrogen-bond acceptors (Lipinski definition) is 2. The lowest BCUT2D eigenvalue weighted by Crippen LogP contribution is -2.16. The third-order valence-corrected chi connectivity index (χ3v) is 2.26. The number of rotatable bonds is 2. The maximum absolute atomic E-state index is 10.9. The van der Waals surface area contributed by atoms with E-state index in [9.17, 15) is 9.59 Å². The number of ketones is 1. The van der Waals surface area contributed by atoms with Gasteiger partial charge in [-0.05, 0) is 26.2 Å². The first-order chi connectivity index (χ1) is 5.61. The number of aliphatic carboxylic acids is 1.